The number of carbonyl (C=O) groups is 1. The van der Waals surface area contributed by atoms with Crippen LogP contribution in [0.15, 0.2) is 24.3 Å². The molecule has 17 heavy (non-hydrogen) atoms. The molecule has 1 unspecified atom stereocenters. The van der Waals surface area contributed by atoms with Crippen molar-refractivity contribution in [2.45, 2.75) is 18.5 Å². The van der Waals surface area contributed by atoms with Crippen LogP contribution < -0.4 is 0 Å². The van der Waals surface area contributed by atoms with E-state index in [4.69, 9.17) is 11.6 Å². The highest BCUT2D eigenvalue weighted by Gasteiger charge is 2.30. The number of halogens is 4. The molecule has 1 atom stereocenters. The van der Waals surface area contributed by atoms with Crippen molar-refractivity contribution in [1.82, 2.24) is 0 Å². The van der Waals surface area contributed by atoms with E-state index in [1.807, 2.05) is 0 Å². The third kappa shape index (κ3) is 3.63. The zero-order valence-corrected chi connectivity index (χ0v) is 9.68. The second-order valence-corrected chi connectivity index (χ2v) is 3.67. The van der Waals surface area contributed by atoms with Crippen molar-refractivity contribution in [2.24, 2.45) is 0 Å². The van der Waals surface area contributed by atoms with Gasteiger partial charge in [-0.05, 0) is 24.6 Å². The van der Waals surface area contributed by atoms with Crippen LogP contribution in [0.2, 0.25) is 0 Å². The average molecular weight is 267 g/mol. The molecule has 1 aromatic carbocycles. The second kappa shape index (κ2) is 5.40. The first-order valence-electron chi connectivity index (χ1n) is 4.84. The quantitative estimate of drug-likeness (QED) is 0.618. The molecule has 94 valence electrons. The molecule has 0 aliphatic heterocycles. The molecule has 0 aliphatic carbocycles. The Labute approximate surface area is 101 Å². The van der Waals surface area contributed by atoms with E-state index in [0.717, 1.165) is 24.3 Å². The molecule has 0 saturated carbocycles. The summed E-state index contributed by atoms with van der Waals surface area (Å²) in [7, 11) is 0. The first-order chi connectivity index (χ1) is 7.86. The summed E-state index contributed by atoms with van der Waals surface area (Å²) in [6, 6.07) is 4.09. The van der Waals surface area contributed by atoms with Gasteiger partial charge >= 0.3 is 12.1 Å². The van der Waals surface area contributed by atoms with Crippen LogP contribution in [0.4, 0.5) is 13.2 Å². The number of carbonyl (C=O) groups excluding carboxylic acids is 1. The molecule has 0 spiro atoms. The van der Waals surface area contributed by atoms with Gasteiger partial charge in [-0.15, -0.1) is 11.6 Å². The Morgan fingerprint density at radius 3 is 2.29 bits per heavy atom. The van der Waals surface area contributed by atoms with Crippen molar-refractivity contribution in [3.05, 3.63) is 35.4 Å². The van der Waals surface area contributed by atoms with E-state index in [2.05, 4.69) is 4.74 Å². The zero-order valence-electron chi connectivity index (χ0n) is 8.92. The fourth-order valence-corrected chi connectivity index (χ4v) is 1.40. The van der Waals surface area contributed by atoms with Crippen LogP contribution in [-0.4, -0.2) is 12.6 Å². The van der Waals surface area contributed by atoms with Crippen molar-refractivity contribution in [3.63, 3.8) is 0 Å². The molecular formula is C11H10ClF3O2. The number of hydrogen-bond acceptors (Lipinski definition) is 2. The van der Waals surface area contributed by atoms with Gasteiger partial charge in [0, 0.05) is 0 Å². The van der Waals surface area contributed by atoms with Gasteiger partial charge in [0.15, 0.2) is 5.38 Å². The Morgan fingerprint density at radius 2 is 1.88 bits per heavy atom. The van der Waals surface area contributed by atoms with E-state index in [1.54, 1.807) is 6.92 Å². The standard InChI is InChI=1S/C11H10ClF3O2/c1-2-17-10(16)9(12)7-3-5-8(6-4-7)11(13,14)15/h3-6,9H,2H2,1H3. The van der Waals surface area contributed by atoms with Gasteiger partial charge in [-0.25, -0.2) is 0 Å². The summed E-state index contributed by atoms with van der Waals surface area (Å²) in [5.74, 6) is -0.672. The van der Waals surface area contributed by atoms with E-state index in [9.17, 15) is 18.0 Å². The molecule has 0 aliphatic rings. The van der Waals surface area contributed by atoms with Gasteiger partial charge in [-0.3, -0.25) is 4.79 Å². The van der Waals surface area contributed by atoms with Gasteiger partial charge in [0.25, 0.3) is 0 Å². The Bertz CT molecular complexity index is 387. The SMILES string of the molecule is CCOC(=O)C(Cl)c1ccc(C(F)(F)F)cc1. The van der Waals surface area contributed by atoms with E-state index in [1.165, 1.54) is 0 Å². The Kier molecular flexibility index (Phi) is 4.40. The van der Waals surface area contributed by atoms with E-state index < -0.39 is 23.1 Å². The summed E-state index contributed by atoms with van der Waals surface area (Å²) in [5.41, 5.74) is -0.507. The predicted molar refractivity (Wildman–Crippen MR) is 56.7 cm³/mol. The van der Waals surface area contributed by atoms with Crippen molar-refractivity contribution >= 4 is 17.6 Å². The van der Waals surface area contributed by atoms with Crippen LogP contribution in [0.1, 0.15) is 23.4 Å². The molecule has 0 saturated heterocycles. The summed E-state index contributed by atoms with van der Waals surface area (Å²) < 4.78 is 41.5. The first-order valence-corrected chi connectivity index (χ1v) is 5.27. The lowest BCUT2D eigenvalue weighted by atomic mass is 10.1. The number of benzene rings is 1. The summed E-state index contributed by atoms with van der Waals surface area (Å²) in [4.78, 5) is 11.2. The molecule has 1 rings (SSSR count). The third-order valence-electron chi connectivity index (χ3n) is 2.02. The lowest BCUT2D eigenvalue weighted by Crippen LogP contribution is -2.11. The molecule has 0 aromatic heterocycles. The van der Waals surface area contributed by atoms with Crippen LogP contribution >= 0.6 is 11.6 Å². The van der Waals surface area contributed by atoms with Crippen LogP contribution in [0.5, 0.6) is 0 Å². The summed E-state index contributed by atoms with van der Waals surface area (Å²) in [6.45, 7) is 1.79. The molecule has 0 fully saturated rings. The van der Waals surface area contributed by atoms with Gasteiger partial charge < -0.3 is 4.74 Å². The molecular weight excluding hydrogens is 257 g/mol. The minimum absolute atomic E-state index is 0.169. The lowest BCUT2D eigenvalue weighted by Gasteiger charge is -2.11. The van der Waals surface area contributed by atoms with Crippen molar-refractivity contribution in [2.75, 3.05) is 6.61 Å². The largest absolute Gasteiger partial charge is 0.465 e. The molecule has 0 amide bonds. The highest BCUT2D eigenvalue weighted by molar-refractivity contribution is 6.29. The van der Waals surface area contributed by atoms with Crippen LogP contribution in [0, 0.1) is 0 Å². The highest BCUT2D eigenvalue weighted by atomic mass is 35.5. The third-order valence-corrected chi connectivity index (χ3v) is 2.45. The molecule has 6 heteroatoms. The summed E-state index contributed by atoms with van der Waals surface area (Å²) in [5, 5.41) is -1.09. The smallest absolute Gasteiger partial charge is 0.416 e. The fraction of sp³-hybridized carbons (Fsp3) is 0.364. The molecule has 2 nitrogen and oxygen atoms in total. The molecule has 0 heterocycles. The Balaban J connectivity index is 2.84. The molecule has 1 aromatic rings. The summed E-state index contributed by atoms with van der Waals surface area (Å²) >= 11 is 5.75. The number of ether oxygens (including phenoxy) is 1. The van der Waals surface area contributed by atoms with Gasteiger partial charge in [0.1, 0.15) is 0 Å². The van der Waals surface area contributed by atoms with Crippen molar-refractivity contribution in [3.8, 4) is 0 Å². The zero-order chi connectivity index (χ0) is 13.1. The van der Waals surface area contributed by atoms with Crippen molar-refractivity contribution in [1.29, 1.82) is 0 Å². The first kappa shape index (κ1) is 13.8. The van der Waals surface area contributed by atoms with Crippen LogP contribution in [0.3, 0.4) is 0 Å². The minimum Gasteiger partial charge on any atom is -0.465 e. The Morgan fingerprint density at radius 1 is 1.35 bits per heavy atom. The van der Waals surface area contributed by atoms with E-state index in [0.29, 0.717) is 0 Å². The monoisotopic (exact) mass is 266 g/mol. The topological polar surface area (TPSA) is 26.3 Å². The maximum absolute atomic E-state index is 12.3. The predicted octanol–water partition coefficient (Wildman–Crippen LogP) is 3.55. The van der Waals surface area contributed by atoms with Gasteiger partial charge in [-0.1, -0.05) is 12.1 Å². The minimum atomic E-state index is -4.40. The fourth-order valence-electron chi connectivity index (χ4n) is 1.19. The molecule has 0 bridgehead atoms. The normalized spacial score (nSPS) is 13.2. The van der Waals surface area contributed by atoms with E-state index >= 15 is 0 Å². The number of alkyl halides is 4. The maximum atomic E-state index is 12.3. The number of hydrogen-bond donors (Lipinski definition) is 0. The van der Waals surface area contributed by atoms with Gasteiger partial charge in [-0.2, -0.15) is 13.2 Å². The lowest BCUT2D eigenvalue weighted by molar-refractivity contribution is -0.142. The van der Waals surface area contributed by atoms with Gasteiger partial charge in [0.05, 0.1) is 12.2 Å². The van der Waals surface area contributed by atoms with Gasteiger partial charge in [0.2, 0.25) is 0 Å². The molecule has 0 radical (unpaired) electrons. The second-order valence-electron chi connectivity index (χ2n) is 3.23. The number of rotatable bonds is 3. The molecule has 0 N–H and O–H groups in total. The Hall–Kier alpha value is -1.23. The maximum Gasteiger partial charge on any atom is 0.416 e. The van der Waals surface area contributed by atoms with E-state index in [-0.39, 0.29) is 12.2 Å². The van der Waals surface area contributed by atoms with Crippen LogP contribution in [-0.2, 0) is 15.7 Å². The summed E-state index contributed by atoms with van der Waals surface area (Å²) in [6.07, 6.45) is -4.40. The average Bonchev–Trinajstić information content (AvgIpc) is 2.27. The number of esters is 1. The van der Waals surface area contributed by atoms with Crippen molar-refractivity contribution < 1.29 is 22.7 Å². The van der Waals surface area contributed by atoms with Crippen LogP contribution in [0.25, 0.3) is 0 Å². The highest BCUT2D eigenvalue weighted by Crippen LogP contribution is 2.31.